The van der Waals surface area contributed by atoms with Crippen molar-refractivity contribution in [2.24, 2.45) is 5.92 Å². The molecule has 0 spiro atoms. The molecule has 2 aromatic carbocycles. The number of amides is 3. The van der Waals surface area contributed by atoms with E-state index >= 15 is 0 Å². The van der Waals surface area contributed by atoms with Gasteiger partial charge < -0.3 is 20.3 Å². The van der Waals surface area contributed by atoms with Gasteiger partial charge in [0.1, 0.15) is 17.4 Å². The molecule has 34 heavy (non-hydrogen) atoms. The number of carbonyl (C=O) groups excluding carboxylic acids is 3. The number of ether oxygens (including phenoxy) is 1. The van der Waals surface area contributed by atoms with Crippen molar-refractivity contribution in [3.63, 3.8) is 0 Å². The van der Waals surface area contributed by atoms with E-state index in [0.717, 1.165) is 12.1 Å². The number of rotatable bonds is 6. The van der Waals surface area contributed by atoms with Crippen LogP contribution >= 0.6 is 0 Å². The predicted octanol–water partition coefficient (Wildman–Crippen LogP) is 3.61. The maximum Gasteiger partial charge on any atom is 0.257 e. The molecule has 1 fully saturated rings. The number of benzene rings is 2. The van der Waals surface area contributed by atoms with Crippen molar-refractivity contribution in [1.29, 1.82) is 0 Å². The van der Waals surface area contributed by atoms with Gasteiger partial charge in [-0.05, 0) is 36.4 Å². The van der Waals surface area contributed by atoms with E-state index in [1.807, 2.05) is 0 Å². The summed E-state index contributed by atoms with van der Waals surface area (Å²) in [5.74, 6) is -3.22. The molecular formula is C24H20F2N4O4. The summed E-state index contributed by atoms with van der Waals surface area (Å²) in [6.45, 7) is -0.00997. The van der Waals surface area contributed by atoms with Gasteiger partial charge in [-0.15, -0.1) is 0 Å². The Labute approximate surface area is 193 Å². The molecular weight excluding hydrogens is 446 g/mol. The highest BCUT2D eigenvalue weighted by Crippen LogP contribution is 2.30. The highest BCUT2D eigenvalue weighted by Gasteiger charge is 2.35. The number of pyridine rings is 1. The average molecular weight is 466 g/mol. The normalized spacial score (nSPS) is 15.2. The highest BCUT2D eigenvalue weighted by molar-refractivity contribution is 6.06. The van der Waals surface area contributed by atoms with E-state index in [9.17, 15) is 23.2 Å². The summed E-state index contributed by atoms with van der Waals surface area (Å²) in [4.78, 5) is 42.6. The van der Waals surface area contributed by atoms with E-state index in [0.29, 0.717) is 28.8 Å². The third-order valence-electron chi connectivity index (χ3n) is 5.30. The molecule has 0 aliphatic carbocycles. The van der Waals surface area contributed by atoms with Crippen LogP contribution in [-0.4, -0.2) is 36.4 Å². The van der Waals surface area contributed by atoms with Gasteiger partial charge in [0.15, 0.2) is 0 Å². The van der Waals surface area contributed by atoms with Crippen LogP contribution in [0.4, 0.5) is 25.8 Å². The van der Waals surface area contributed by atoms with E-state index in [2.05, 4.69) is 15.6 Å². The number of methoxy groups -OCH3 is 1. The molecule has 2 N–H and O–H groups in total. The number of hydrogen-bond acceptors (Lipinski definition) is 5. The first kappa shape index (κ1) is 22.8. The second kappa shape index (κ2) is 9.65. The molecule has 4 rings (SSSR count). The number of nitrogens with one attached hydrogen (secondary N) is 2. The maximum absolute atomic E-state index is 13.5. The van der Waals surface area contributed by atoms with Crippen LogP contribution in [0.1, 0.15) is 16.8 Å². The molecule has 8 nitrogen and oxygen atoms in total. The zero-order chi connectivity index (χ0) is 24.2. The zero-order valence-electron chi connectivity index (χ0n) is 18.0. The molecule has 1 atom stereocenters. The van der Waals surface area contributed by atoms with Crippen molar-refractivity contribution in [2.75, 3.05) is 29.2 Å². The van der Waals surface area contributed by atoms with Gasteiger partial charge in [0.05, 0.1) is 24.3 Å². The standard InChI is InChI=1S/C24H20F2N4O4/c1-34-21-11-18(4-5-20(21)29-23(32)14-3-2-6-27-12-14)28-24(33)15-7-22(31)30(13-15)19-9-16(25)8-17(26)10-19/h2-6,8-12,15H,7,13H2,1H3,(H,28,33)(H,29,32). The third kappa shape index (κ3) is 5.01. The van der Waals surface area contributed by atoms with Gasteiger partial charge in [-0.25, -0.2) is 8.78 Å². The summed E-state index contributed by atoms with van der Waals surface area (Å²) in [7, 11) is 1.42. The van der Waals surface area contributed by atoms with E-state index in [1.165, 1.54) is 24.3 Å². The van der Waals surface area contributed by atoms with Crippen molar-refractivity contribution in [1.82, 2.24) is 4.98 Å². The second-order valence-corrected chi connectivity index (χ2v) is 7.63. The Morgan fingerprint density at radius 2 is 1.85 bits per heavy atom. The fourth-order valence-electron chi connectivity index (χ4n) is 3.64. The molecule has 0 radical (unpaired) electrons. The topological polar surface area (TPSA) is 101 Å². The Balaban J connectivity index is 1.44. The Morgan fingerprint density at radius 1 is 1.09 bits per heavy atom. The largest absolute Gasteiger partial charge is 0.494 e. The van der Waals surface area contributed by atoms with Gasteiger partial charge in [0, 0.05) is 48.9 Å². The van der Waals surface area contributed by atoms with Gasteiger partial charge in [0.25, 0.3) is 5.91 Å². The van der Waals surface area contributed by atoms with Gasteiger partial charge in [0.2, 0.25) is 11.8 Å². The molecule has 10 heteroatoms. The number of carbonyl (C=O) groups is 3. The first-order valence-electron chi connectivity index (χ1n) is 10.3. The molecule has 1 saturated heterocycles. The van der Waals surface area contributed by atoms with Crippen LogP contribution < -0.4 is 20.3 Å². The zero-order valence-corrected chi connectivity index (χ0v) is 18.0. The minimum absolute atomic E-state index is 0.00997. The monoisotopic (exact) mass is 466 g/mol. The number of anilines is 3. The summed E-state index contributed by atoms with van der Waals surface area (Å²) >= 11 is 0. The molecule has 2 heterocycles. The second-order valence-electron chi connectivity index (χ2n) is 7.63. The van der Waals surface area contributed by atoms with Crippen LogP contribution in [0.2, 0.25) is 0 Å². The molecule has 0 saturated carbocycles. The first-order valence-corrected chi connectivity index (χ1v) is 10.3. The van der Waals surface area contributed by atoms with E-state index in [4.69, 9.17) is 4.74 Å². The molecule has 3 amide bonds. The van der Waals surface area contributed by atoms with Gasteiger partial charge in [-0.2, -0.15) is 0 Å². The average Bonchev–Trinajstić information content (AvgIpc) is 3.21. The quantitative estimate of drug-likeness (QED) is 0.578. The van der Waals surface area contributed by atoms with Crippen LogP contribution in [0.3, 0.4) is 0 Å². The SMILES string of the molecule is COc1cc(NC(=O)C2CC(=O)N(c3cc(F)cc(F)c3)C2)ccc1NC(=O)c1cccnc1. The first-order chi connectivity index (χ1) is 16.3. The molecule has 3 aromatic rings. The Hall–Kier alpha value is -4.34. The molecule has 1 aromatic heterocycles. The lowest BCUT2D eigenvalue weighted by molar-refractivity contribution is -0.122. The van der Waals surface area contributed by atoms with Crippen LogP contribution in [0, 0.1) is 17.6 Å². The lowest BCUT2D eigenvalue weighted by atomic mass is 10.1. The number of halogens is 2. The summed E-state index contributed by atoms with van der Waals surface area (Å²) in [5, 5.41) is 5.44. The Morgan fingerprint density at radius 3 is 2.53 bits per heavy atom. The molecule has 1 aliphatic rings. The predicted molar refractivity (Wildman–Crippen MR) is 121 cm³/mol. The van der Waals surface area contributed by atoms with Crippen LogP contribution in [-0.2, 0) is 9.59 Å². The van der Waals surface area contributed by atoms with Gasteiger partial charge in [-0.3, -0.25) is 19.4 Å². The van der Waals surface area contributed by atoms with Gasteiger partial charge >= 0.3 is 0 Å². The Kier molecular flexibility index (Phi) is 6.48. The van der Waals surface area contributed by atoms with Crippen molar-refractivity contribution in [2.45, 2.75) is 6.42 Å². The van der Waals surface area contributed by atoms with Gasteiger partial charge in [-0.1, -0.05) is 0 Å². The van der Waals surface area contributed by atoms with E-state index < -0.39 is 29.4 Å². The lowest BCUT2D eigenvalue weighted by Crippen LogP contribution is -2.28. The highest BCUT2D eigenvalue weighted by atomic mass is 19.1. The minimum Gasteiger partial charge on any atom is -0.494 e. The minimum atomic E-state index is -0.807. The van der Waals surface area contributed by atoms with Crippen LogP contribution in [0.15, 0.2) is 60.9 Å². The van der Waals surface area contributed by atoms with Crippen LogP contribution in [0.25, 0.3) is 0 Å². The number of hydrogen-bond donors (Lipinski definition) is 2. The third-order valence-corrected chi connectivity index (χ3v) is 5.30. The lowest BCUT2D eigenvalue weighted by Gasteiger charge is -2.17. The Bertz CT molecular complexity index is 1230. The number of aromatic nitrogens is 1. The summed E-state index contributed by atoms with van der Waals surface area (Å²) < 4.78 is 32.4. The smallest absolute Gasteiger partial charge is 0.257 e. The maximum atomic E-state index is 13.5. The molecule has 174 valence electrons. The summed E-state index contributed by atoms with van der Waals surface area (Å²) in [5.41, 5.74) is 1.22. The van der Waals surface area contributed by atoms with Crippen LogP contribution in [0.5, 0.6) is 5.75 Å². The fourth-order valence-corrected chi connectivity index (χ4v) is 3.64. The summed E-state index contributed by atoms with van der Waals surface area (Å²) in [6.07, 6.45) is 2.89. The molecule has 1 aliphatic heterocycles. The van der Waals surface area contributed by atoms with Crippen molar-refractivity contribution < 1.29 is 27.9 Å². The fraction of sp³-hybridized carbons (Fsp3) is 0.167. The molecule has 1 unspecified atom stereocenters. The number of nitrogens with zero attached hydrogens (tertiary/aromatic N) is 2. The van der Waals surface area contributed by atoms with Crippen molar-refractivity contribution in [3.05, 3.63) is 78.1 Å². The van der Waals surface area contributed by atoms with E-state index in [-0.39, 0.29) is 24.6 Å². The van der Waals surface area contributed by atoms with Crippen molar-refractivity contribution >= 4 is 34.8 Å². The summed E-state index contributed by atoms with van der Waals surface area (Å²) in [6, 6.07) is 10.8. The van der Waals surface area contributed by atoms with E-state index in [1.54, 1.807) is 30.5 Å². The van der Waals surface area contributed by atoms with Crippen molar-refractivity contribution in [3.8, 4) is 5.75 Å². The molecule has 0 bridgehead atoms.